The van der Waals surface area contributed by atoms with E-state index < -0.39 is 10.0 Å². The molecule has 0 radical (unpaired) electrons. The first kappa shape index (κ1) is 15.4. The minimum absolute atomic E-state index is 0.0228. The Kier molecular flexibility index (Phi) is 4.74. The van der Waals surface area contributed by atoms with Gasteiger partial charge < -0.3 is 10.6 Å². The molecular weight excluding hydrogens is 276 g/mol. The summed E-state index contributed by atoms with van der Waals surface area (Å²) < 4.78 is 27.5. The van der Waals surface area contributed by atoms with Gasteiger partial charge in [-0.05, 0) is 38.1 Å². The molecule has 3 N–H and O–H groups in total. The van der Waals surface area contributed by atoms with Crippen LogP contribution in [0.4, 0.5) is 0 Å². The fourth-order valence-electron chi connectivity index (χ4n) is 2.49. The predicted molar refractivity (Wildman–Crippen MR) is 77.5 cm³/mol. The molecule has 20 heavy (non-hydrogen) atoms. The van der Waals surface area contributed by atoms with Gasteiger partial charge >= 0.3 is 0 Å². The molecule has 1 aromatic heterocycles. The van der Waals surface area contributed by atoms with E-state index in [1.54, 1.807) is 12.1 Å². The summed E-state index contributed by atoms with van der Waals surface area (Å²) in [6.45, 7) is 4.18. The van der Waals surface area contributed by atoms with Crippen molar-refractivity contribution in [3.8, 4) is 0 Å². The zero-order valence-electron chi connectivity index (χ0n) is 11.9. The zero-order valence-corrected chi connectivity index (χ0v) is 12.7. The molecule has 0 amide bonds. The minimum atomic E-state index is -3.51. The standard InChI is InChI=1S/C13H22N4O2S/c1-10-9-17(2)6-5-13(10)16-20(18,19)12-4-3-11(7-14)15-8-12/h3-4,8,10,13,16H,5-7,9,14H2,1-2H3. The summed E-state index contributed by atoms with van der Waals surface area (Å²) in [5, 5.41) is 0. The first-order valence-electron chi connectivity index (χ1n) is 6.78. The predicted octanol–water partition coefficient (Wildman–Crippen LogP) is 0.159. The maximum atomic E-state index is 12.3. The van der Waals surface area contributed by atoms with E-state index in [0.717, 1.165) is 19.5 Å². The van der Waals surface area contributed by atoms with Crippen molar-refractivity contribution in [1.82, 2.24) is 14.6 Å². The normalized spacial score (nSPS) is 24.8. The van der Waals surface area contributed by atoms with Crippen molar-refractivity contribution in [3.63, 3.8) is 0 Å². The number of hydrogen-bond acceptors (Lipinski definition) is 5. The Hall–Kier alpha value is -1.02. The third-order valence-corrected chi connectivity index (χ3v) is 5.21. The quantitative estimate of drug-likeness (QED) is 0.826. The first-order valence-corrected chi connectivity index (χ1v) is 8.26. The third kappa shape index (κ3) is 3.54. The molecule has 1 aliphatic heterocycles. The van der Waals surface area contributed by atoms with Crippen LogP contribution in [0.15, 0.2) is 23.2 Å². The Bertz CT molecular complexity index is 544. The molecule has 0 aliphatic carbocycles. The van der Waals surface area contributed by atoms with Crippen LogP contribution in [0.2, 0.25) is 0 Å². The van der Waals surface area contributed by atoms with Gasteiger partial charge in [0.25, 0.3) is 0 Å². The van der Waals surface area contributed by atoms with Crippen molar-refractivity contribution >= 4 is 10.0 Å². The van der Waals surface area contributed by atoms with Crippen LogP contribution in [0.3, 0.4) is 0 Å². The molecule has 0 spiro atoms. The van der Waals surface area contributed by atoms with Crippen LogP contribution in [0.5, 0.6) is 0 Å². The van der Waals surface area contributed by atoms with Crippen LogP contribution in [-0.2, 0) is 16.6 Å². The van der Waals surface area contributed by atoms with Gasteiger partial charge in [-0.1, -0.05) is 6.92 Å². The molecule has 0 saturated carbocycles. The second-order valence-corrected chi connectivity index (χ2v) is 7.16. The lowest BCUT2D eigenvalue weighted by molar-refractivity contribution is 0.188. The molecule has 0 bridgehead atoms. The second-order valence-electron chi connectivity index (χ2n) is 5.45. The van der Waals surface area contributed by atoms with E-state index in [-0.39, 0.29) is 10.9 Å². The van der Waals surface area contributed by atoms with Gasteiger partial charge in [-0.25, -0.2) is 13.1 Å². The Morgan fingerprint density at radius 1 is 1.50 bits per heavy atom. The Morgan fingerprint density at radius 3 is 2.80 bits per heavy atom. The highest BCUT2D eigenvalue weighted by molar-refractivity contribution is 7.89. The van der Waals surface area contributed by atoms with E-state index >= 15 is 0 Å². The largest absolute Gasteiger partial charge is 0.325 e. The lowest BCUT2D eigenvalue weighted by atomic mass is 9.95. The fourth-order valence-corrected chi connectivity index (χ4v) is 3.81. The van der Waals surface area contributed by atoms with Crippen molar-refractivity contribution in [3.05, 3.63) is 24.0 Å². The molecule has 1 saturated heterocycles. The molecular formula is C13H22N4O2S. The van der Waals surface area contributed by atoms with Gasteiger partial charge in [0.1, 0.15) is 4.90 Å². The van der Waals surface area contributed by atoms with Crippen LogP contribution in [0, 0.1) is 5.92 Å². The molecule has 2 rings (SSSR count). The molecule has 2 heterocycles. The van der Waals surface area contributed by atoms with Gasteiger partial charge in [-0.3, -0.25) is 4.98 Å². The number of nitrogens with zero attached hydrogens (tertiary/aromatic N) is 2. The molecule has 1 aromatic rings. The summed E-state index contributed by atoms with van der Waals surface area (Å²) in [6, 6.07) is 3.18. The summed E-state index contributed by atoms with van der Waals surface area (Å²) in [5.41, 5.74) is 6.13. The van der Waals surface area contributed by atoms with Gasteiger partial charge in [0.05, 0.1) is 5.69 Å². The molecule has 2 unspecified atom stereocenters. The summed E-state index contributed by atoms with van der Waals surface area (Å²) in [6.07, 6.45) is 2.19. The summed E-state index contributed by atoms with van der Waals surface area (Å²) in [4.78, 5) is 6.45. The van der Waals surface area contributed by atoms with Crippen LogP contribution in [0.25, 0.3) is 0 Å². The van der Waals surface area contributed by atoms with E-state index in [0.29, 0.717) is 18.2 Å². The third-order valence-electron chi connectivity index (χ3n) is 3.73. The first-order chi connectivity index (χ1) is 9.42. The molecule has 1 fully saturated rings. The van der Waals surface area contributed by atoms with Crippen molar-refractivity contribution in [1.29, 1.82) is 0 Å². The van der Waals surface area contributed by atoms with E-state index in [4.69, 9.17) is 5.73 Å². The van der Waals surface area contributed by atoms with Gasteiger partial charge in [0.15, 0.2) is 0 Å². The highest BCUT2D eigenvalue weighted by Crippen LogP contribution is 2.18. The smallest absolute Gasteiger partial charge is 0.242 e. The second kappa shape index (κ2) is 6.17. The van der Waals surface area contributed by atoms with E-state index in [2.05, 4.69) is 28.6 Å². The van der Waals surface area contributed by atoms with Gasteiger partial charge in [-0.15, -0.1) is 0 Å². The number of aromatic nitrogens is 1. The van der Waals surface area contributed by atoms with Gasteiger partial charge in [0.2, 0.25) is 10.0 Å². The lowest BCUT2D eigenvalue weighted by Crippen LogP contribution is -2.48. The van der Waals surface area contributed by atoms with Gasteiger partial charge in [0, 0.05) is 25.3 Å². The number of rotatable bonds is 4. The Balaban J connectivity index is 2.10. The van der Waals surface area contributed by atoms with Crippen molar-refractivity contribution in [2.24, 2.45) is 11.7 Å². The molecule has 1 aliphatic rings. The highest BCUT2D eigenvalue weighted by Gasteiger charge is 2.28. The number of hydrogen-bond donors (Lipinski definition) is 2. The fraction of sp³-hybridized carbons (Fsp3) is 0.615. The van der Waals surface area contributed by atoms with Crippen molar-refractivity contribution < 1.29 is 8.42 Å². The zero-order chi connectivity index (χ0) is 14.8. The molecule has 7 heteroatoms. The summed E-state index contributed by atoms with van der Waals surface area (Å²) in [7, 11) is -1.45. The molecule has 112 valence electrons. The molecule has 0 aromatic carbocycles. The average molecular weight is 298 g/mol. The summed E-state index contributed by atoms with van der Waals surface area (Å²) >= 11 is 0. The maximum Gasteiger partial charge on any atom is 0.242 e. The number of likely N-dealkylation sites (tertiary alicyclic amines) is 1. The number of piperidine rings is 1. The molecule has 2 atom stereocenters. The SMILES string of the molecule is CC1CN(C)CCC1NS(=O)(=O)c1ccc(CN)nc1. The highest BCUT2D eigenvalue weighted by atomic mass is 32.2. The Labute approximate surface area is 120 Å². The monoisotopic (exact) mass is 298 g/mol. The minimum Gasteiger partial charge on any atom is -0.325 e. The van der Waals surface area contributed by atoms with Crippen LogP contribution < -0.4 is 10.5 Å². The van der Waals surface area contributed by atoms with Crippen molar-refractivity contribution in [2.75, 3.05) is 20.1 Å². The number of sulfonamides is 1. The van der Waals surface area contributed by atoms with E-state index in [1.807, 2.05) is 0 Å². The lowest BCUT2D eigenvalue weighted by Gasteiger charge is -2.34. The van der Waals surface area contributed by atoms with E-state index in [9.17, 15) is 8.42 Å². The molecule has 6 nitrogen and oxygen atoms in total. The number of pyridine rings is 1. The van der Waals surface area contributed by atoms with E-state index in [1.165, 1.54) is 6.20 Å². The Morgan fingerprint density at radius 2 is 2.25 bits per heavy atom. The van der Waals surface area contributed by atoms with Gasteiger partial charge in [-0.2, -0.15) is 0 Å². The summed E-state index contributed by atoms with van der Waals surface area (Å²) in [5.74, 6) is 0.291. The maximum absolute atomic E-state index is 12.3. The topological polar surface area (TPSA) is 88.3 Å². The average Bonchev–Trinajstić information content (AvgIpc) is 2.42. The van der Waals surface area contributed by atoms with Crippen molar-refractivity contribution in [2.45, 2.75) is 30.8 Å². The number of nitrogens with two attached hydrogens (primary N) is 1. The van der Waals surface area contributed by atoms with Crippen LogP contribution in [-0.4, -0.2) is 44.5 Å². The number of nitrogens with one attached hydrogen (secondary N) is 1. The van der Waals surface area contributed by atoms with Crippen LogP contribution in [0.1, 0.15) is 19.0 Å². The van der Waals surface area contributed by atoms with Crippen LogP contribution >= 0.6 is 0 Å².